The molecule has 0 aliphatic carbocycles. The second-order valence-electron chi connectivity index (χ2n) is 8.18. The molecule has 204 valence electrons. The quantitative estimate of drug-likeness (QED) is 0.141. The lowest BCUT2D eigenvalue weighted by Crippen LogP contribution is -2.19. The molecule has 0 saturated heterocycles. The molecule has 1 aromatic heterocycles. The maximum atomic E-state index is 13.1. The van der Waals surface area contributed by atoms with Gasteiger partial charge in [0.1, 0.15) is 17.8 Å². The highest BCUT2D eigenvalue weighted by molar-refractivity contribution is 9.10. The average Bonchev–Trinajstić information content (AvgIpc) is 2.89. The monoisotopic (exact) mass is 605 g/mol. The lowest BCUT2D eigenvalue weighted by Gasteiger charge is -2.13. The van der Waals surface area contributed by atoms with Crippen LogP contribution in [0.3, 0.4) is 0 Å². The number of methoxy groups -OCH3 is 1. The van der Waals surface area contributed by atoms with E-state index in [1.54, 1.807) is 43.5 Å². The van der Waals surface area contributed by atoms with E-state index in [4.69, 9.17) is 19.9 Å². The number of ether oxygens (including phenoxy) is 3. The number of carbonyl (C=O) groups is 1. The normalized spacial score (nSPS) is 11.3. The first kappa shape index (κ1) is 27.9. The van der Waals surface area contributed by atoms with Crippen LogP contribution in [0.1, 0.15) is 12.0 Å². The van der Waals surface area contributed by atoms with Crippen LogP contribution in [-0.4, -0.2) is 36.3 Å². The highest BCUT2D eigenvalue weighted by Crippen LogP contribution is 2.36. The second kappa shape index (κ2) is 12.2. The standard InChI is InChI=1S/C26H23BrF3N5O4/c1-37-9-2-10-38-23-13-22-18(12-21(23)31)24(33-14-32-22)39-17-6-3-15(4-7-17)34-25(36)35-16-5-8-20(27)19(11-16)26(28,29)30/h3-8,11-14H,2,9-10,31H2,1H3,(H2,34,35,36). The lowest BCUT2D eigenvalue weighted by atomic mass is 10.2. The van der Waals surface area contributed by atoms with E-state index >= 15 is 0 Å². The molecule has 3 aromatic carbocycles. The number of hydrogen-bond acceptors (Lipinski definition) is 7. The minimum atomic E-state index is -4.57. The highest BCUT2D eigenvalue weighted by atomic mass is 79.9. The number of halogens is 4. The molecule has 4 rings (SSSR count). The molecule has 0 bridgehead atoms. The molecule has 0 spiro atoms. The van der Waals surface area contributed by atoms with Crippen molar-refractivity contribution in [3.05, 3.63) is 71.0 Å². The van der Waals surface area contributed by atoms with E-state index in [1.807, 2.05) is 0 Å². The van der Waals surface area contributed by atoms with Crippen molar-refractivity contribution >= 4 is 49.9 Å². The first-order valence-electron chi connectivity index (χ1n) is 11.5. The van der Waals surface area contributed by atoms with Gasteiger partial charge in [-0.05, 0) is 48.5 Å². The summed E-state index contributed by atoms with van der Waals surface area (Å²) in [5.74, 6) is 1.18. The summed E-state index contributed by atoms with van der Waals surface area (Å²) in [5, 5.41) is 5.52. The first-order chi connectivity index (χ1) is 18.6. The molecule has 9 nitrogen and oxygen atoms in total. The zero-order valence-electron chi connectivity index (χ0n) is 20.5. The third-order valence-corrected chi connectivity index (χ3v) is 6.03. The summed E-state index contributed by atoms with van der Waals surface area (Å²) >= 11 is 2.87. The molecule has 0 saturated carbocycles. The predicted octanol–water partition coefficient (Wildman–Crippen LogP) is 6.84. The summed E-state index contributed by atoms with van der Waals surface area (Å²) in [7, 11) is 1.62. The fourth-order valence-corrected chi connectivity index (χ4v) is 3.97. The number of urea groups is 1. The number of anilines is 3. The molecule has 0 aliphatic heterocycles. The van der Waals surface area contributed by atoms with Crippen molar-refractivity contribution in [1.29, 1.82) is 0 Å². The molecule has 0 fully saturated rings. The van der Waals surface area contributed by atoms with Crippen LogP contribution in [0.15, 0.2) is 65.4 Å². The molecule has 4 N–H and O–H groups in total. The molecule has 2 amide bonds. The minimum absolute atomic E-state index is 0.0126. The molecular formula is C26H23BrF3N5O4. The number of nitrogen functional groups attached to an aromatic ring is 1. The van der Waals surface area contributed by atoms with Crippen molar-refractivity contribution < 1.29 is 32.2 Å². The summed E-state index contributed by atoms with van der Waals surface area (Å²) in [6.45, 7) is 1.01. The summed E-state index contributed by atoms with van der Waals surface area (Å²) in [4.78, 5) is 20.8. The van der Waals surface area contributed by atoms with Crippen LogP contribution in [0.25, 0.3) is 10.9 Å². The Morgan fingerprint density at radius 3 is 2.44 bits per heavy atom. The third kappa shape index (κ3) is 7.27. The minimum Gasteiger partial charge on any atom is -0.491 e. The Kier molecular flexibility index (Phi) is 8.72. The number of fused-ring (bicyclic) bond motifs is 1. The third-order valence-electron chi connectivity index (χ3n) is 5.34. The van der Waals surface area contributed by atoms with Gasteiger partial charge in [-0.1, -0.05) is 15.9 Å². The maximum Gasteiger partial charge on any atom is 0.417 e. The van der Waals surface area contributed by atoms with Gasteiger partial charge in [0.2, 0.25) is 5.88 Å². The Balaban J connectivity index is 1.41. The second-order valence-corrected chi connectivity index (χ2v) is 9.03. The number of carbonyl (C=O) groups excluding carboxylic acids is 1. The van der Waals surface area contributed by atoms with Crippen LogP contribution < -0.4 is 25.8 Å². The molecule has 0 atom stereocenters. The fourth-order valence-electron chi connectivity index (χ4n) is 3.50. The summed E-state index contributed by atoms with van der Waals surface area (Å²) < 4.78 is 55.8. The van der Waals surface area contributed by atoms with Crippen molar-refractivity contribution in [2.75, 3.05) is 36.7 Å². The number of benzene rings is 3. The average molecular weight is 606 g/mol. The van der Waals surface area contributed by atoms with E-state index in [1.165, 1.54) is 18.5 Å². The fraction of sp³-hybridized carbons (Fsp3) is 0.192. The molecule has 0 unspecified atom stereocenters. The molecule has 13 heteroatoms. The Labute approximate surface area is 229 Å². The van der Waals surface area contributed by atoms with Gasteiger partial charge in [-0.15, -0.1) is 0 Å². The maximum absolute atomic E-state index is 13.1. The van der Waals surface area contributed by atoms with Gasteiger partial charge < -0.3 is 30.6 Å². The Morgan fingerprint density at radius 2 is 1.72 bits per heavy atom. The van der Waals surface area contributed by atoms with Crippen LogP contribution in [0.4, 0.5) is 35.0 Å². The topological polar surface area (TPSA) is 121 Å². The van der Waals surface area contributed by atoms with Crippen LogP contribution >= 0.6 is 15.9 Å². The van der Waals surface area contributed by atoms with Gasteiger partial charge in [-0.2, -0.15) is 13.2 Å². The summed E-state index contributed by atoms with van der Waals surface area (Å²) in [5.41, 5.74) is 6.61. The van der Waals surface area contributed by atoms with E-state index in [2.05, 4.69) is 36.5 Å². The molecule has 1 heterocycles. The van der Waals surface area contributed by atoms with Crippen molar-refractivity contribution in [2.24, 2.45) is 0 Å². The molecule has 39 heavy (non-hydrogen) atoms. The summed E-state index contributed by atoms with van der Waals surface area (Å²) in [6, 6.07) is 12.4. The number of aromatic nitrogens is 2. The molecule has 4 aromatic rings. The lowest BCUT2D eigenvalue weighted by molar-refractivity contribution is -0.138. The number of hydrogen-bond donors (Lipinski definition) is 3. The number of amides is 2. The van der Waals surface area contributed by atoms with E-state index in [-0.39, 0.29) is 16.0 Å². The van der Waals surface area contributed by atoms with Crippen LogP contribution in [0.5, 0.6) is 17.4 Å². The number of nitrogens with one attached hydrogen (secondary N) is 2. The van der Waals surface area contributed by atoms with Gasteiger partial charge in [-0.25, -0.2) is 14.8 Å². The van der Waals surface area contributed by atoms with E-state index in [0.717, 1.165) is 6.07 Å². The van der Waals surface area contributed by atoms with E-state index in [9.17, 15) is 18.0 Å². The van der Waals surface area contributed by atoms with Crippen LogP contribution in [-0.2, 0) is 10.9 Å². The van der Waals surface area contributed by atoms with Gasteiger partial charge in [0, 0.05) is 42.1 Å². The number of alkyl halides is 3. The van der Waals surface area contributed by atoms with E-state index in [0.29, 0.717) is 53.4 Å². The van der Waals surface area contributed by atoms with Gasteiger partial charge >= 0.3 is 12.2 Å². The van der Waals surface area contributed by atoms with Crippen LogP contribution in [0, 0.1) is 0 Å². The number of nitrogens with zero attached hydrogens (tertiary/aromatic N) is 2. The zero-order chi connectivity index (χ0) is 28.0. The Hall–Kier alpha value is -4.10. The SMILES string of the molecule is COCCCOc1cc2ncnc(Oc3ccc(NC(=O)Nc4ccc(Br)c(C(F)(F)F)c4)cc3)c2cc1N. The smallest absolute Gasteiger partial charge is 0.417 e. The number of rotatable bonds is 9. The van der Waals surface area contributed by atoms with Crippen molar-refractivity contribution in [3.63, 3.8) is 0 Å². The number of nitrogens with two attached hydrogens (primary N) is 1. The molecule has 0 aliphatic rings. The Morgan fingerprint density at radius 1 is 1.00 bits per heavy atom. The van der Waals surface area contributed by atoms with Gasteiger partial charge in [0.05, 0.1) is 28.8 Å². The molecule has 0 radical (unpaired) electrons. The van der Waals surface area contributed by atoms with Gasteiger partial charge in [-0.3, -0.25) is 0 Å². The zero-order valence-corrected chi connectivity index (χ0v) is 22.1. The highest BCUT2D eigenvalue weighted by Gasteiger charge is 2.33. The van der Waals surface area contributed by atoms with Gasteiger partial charge in [0.25, 0.3) is 0 Å². The summed E-state index contributed by atoms with van der Waals surface area (Å²) in [6.07, 6.45) is -2.50. The van der Waals surface area contributed by atoms with Crippen molar-refractivity contribution in [1.82, 2.24) is 9.97 Å². The van der Waals surface area contributed by atoms with Crippen molar-refractivity contribution in [2.45, 2.75) is 12.6 Å². The molecular weight excluding hydrogens is 583 g/mol. The van der Waals surface area contributed by atoms with Gasteiger partial charge in [0.15, 0.2) is 0 Å². The van der Waals surface area contributed by atoms with Crippen LogP contribution in [0.2, 0.25) is 0 Å². The first-order valence-corrected chi connectivity index (χ1v) is 12.3. The van der Waals surface area contributed by atoms with E-state index < -0.39 is 17.8 Å². The Bertz CT molecular complexity index is 1470. The predicted molar refractivity (Wildman–Crippen MR) is 144 cm³/mol. The van der Waals surface area contributed by atoms with Crippen molar-refractivity contribution in [3.8, 4) is 17.4 Å². The largest absolute Gasteiger partial charge is 0.491 e.